The average Bonchev–Trinajstić information content (AvgIpc) is 3.22. The summed E-state index contributed by atoms with van der Waals surface area (Å²) in [5.74, 6) is 0.0431. The van der Waals surface area contributed by atoms with Gasteiger partial charge in [0.05, 0.1) is 5.56 Å². The lowest BCUT2D eigenvalue weighted by Crippen LogP contribution is -2.12. The Balaban J connectivity index is 1.58. The number of rotatable bonds is 5. The first-order valence-corrected chi connectivity index (χ1v) is 8.76. The number of benzene rings is 2. The molecule has 1 N–H and O–H groups in total. The Morgan fingerprint density at radius 3 is 2.92 bits per heavy atom. The van der Waals surface area contributed by atoms with Gasteiger partial charge in [-0.25, -0.2) is 9.78 Å². The molecule has 2 heterocycles. The number of aromatic nitrogens is 2. The fraction of sp³-hybridized carbons (Fsp3) is 0.238. The van der Waals surface area contributed by atoms with Gasteiger partial charge in [0.1, 0.15) is 5.82 Å². The van der Waals surface area contributed by atoms with Gasteiger partial charge in [0.15, 0.2) is 0 Å². The summed E-state index contributed by atoms with van der Waals surface area (Å²) in [5, 5.41) is 9.38. The number of fused-ring (bicyclic) bond motifs is 1. The molecule has 0 saturated heterocycles. The number of anilines is 1. The molecule has 3 aromatic rings. The topological polar surface area (TPSA) is 58.4 Å². The summed E-state index contributed by atoms with van der Waals surface area (Å²) in [6.45, 7) is 1.57. The molecule has 2 aromatic carbocycles. The minimum Gasteiger partial charge on any atom is -0.478 e. The number of nitrogens with zero attached hydrogens (tertiary/aromatic N) is 3. The van der Waals surface area contributed by atoms with Gasteiger partial charge >= 0.3 is 5.97 Å². The molecule has 0 bridgehead atoms. The van der Waals surface area contributed by atoms with E-state index in [-0.39, 0.29) is 0 Å². The number of carboxylic acid groups (broad SMARTS) is 1. The number of hydrogen-bond donors (Lipinski definition) is 1. The molecule has 0 aliphatic carbocycles. The van der Waals surface area contributed by atoms with Crippen molar-refractivity contribution in [2.75, 3.05) is 18.5 Å². The Kier molecular flexibility index (Phi) is 4.21. The van der Waals surface area contributed by atoms with Crippen molar-refractivity contribution in [3.63, 3.8) is 0 Å². The van der Waals surface area contributed by atoms with Crippen LogP contribution in [0, 0.1) is 0 Å². The third kappa shape index (κ3) is 3.08. The van der Waals surface area contributed by atoms with E-state index in [1.54, 1.807) is 18.3 Å². The summed E-state index contributed by atoms with van der Waals surface area (Å²) in [7, 11) is 2.12. The maximum Gasteiger partial charge on any atom is 0.336 e. The number of carbonyl (C=O) groups is 1. The van der Waals surface area contributed by atoms with Gasteiger partial charge < -0.3 is 14.6 Å². The highest BCUT2D eigenvalue weighted by Gasteiger charge is 2.16. The van der Waals surface area contributed by atoms with E-state index in [2.05, 4.69) is 35.1 Å². The van der Waals surface area contributed by atoms with Crippen molar-refractivity contribution >= 4 is 11.7 Å². The third-order valence-electron chi connectivity index (χ3n) is 5.02. The highest BCUT2D eigenvalue weighted by molar-refractivity contribution is 5.89. The van der Waals surface area contributed by atoms with Gasteiger partial charge in [-0.15, -0.1) is 0 Å². The van der Waals surface area contributed by atoms with Crippen LogP contribution in [0.25, 0.3) is 0 Å². The molecule has 0 fully saturated rings. The number of carboxylic acids is 1. The van der Waals surface area contributed by atoms with Crippen LogP contribution >= 0.6 is 0 Å². The SMILES string of the molecule is CN1CCc2cc(Cc3nccn3Cc3ccccc3C(=O)O)ccc21. The molecule has 132 valence electrons. The molecule has 5 nitrogen and oxygen atoms in total. The van der Waals surface area contributed by atoms with Crippen LogP contribution < -0.4 is 4.90 Å². The first-order valence-electron chi connectivity index (χ1n) is 8.76. The van der Waals surface area contributed by atoms with Crippen molar-refractivity contribution in [2.45, 2.75) is 19.4 Å². The molecule has 0 amide bonds. The number of aromatic carboxylic acids is 1. The third-order valence-corrected chi connectivity index (χ3v) is 5.02. The Labute approximate surface area is 152 Å². The van der Waals surface area contributed by atoms with Crippen LogP contribution in [0.15, 0.2) is 54.9 Å². The van der Waals surface area contributed by atoms with Gasteiger partial charge in [0.2, 0.25) is 0 Å². The monoisotopic (exact) mass is 347 g/mol. The smallest absolute Gasteiger partial charge is 0.336 e. The number of hydrogen-bond acceptors (Lipinski definition) is 3. The Morgan fingerprint density at radius 1 is 1.23 bits per heavy atom. The molecule has 0 saturated carbocycles. The molecule has 0 atom stereocenters. The van der Waals surface area contributed by atoms with E-state index in [1.807, 2.05) is 22.9 Å². The molecular formula is C21H21N3O2. The largest absolute Gasteiger partial charge is 0.478 e. The van der Waals surface area contributed by atoms with Crippen molar-refractivity contribution in [1.29, 1.82) is 0 Å². The lowest BCUT2D eigenvalue weighted by Gasteiger charge is -2.13. The molecule has 1 aromatic heterocycles. The molecule has 0 spiro atoms. The van der Waals surface area contributed by atoms with E-state index < -0.39 is 5.97 Å². The summed E-state index contributed by atoms with van der Waals surface area (Å²) in [6.07, 6.45) is 5.51. The predicted molar refractivity (Wildman–Crippen MR) is 101 cm³/mol. The molecule has 0 unspecified atom stereocenters. The van der Waals surface area contributed by atoms with E-state index in [4.69, 9.17) is 0 Å². The minimum absolute atomic E-state index is 0.340. The molecular weight excluding hydrogens is 326 g/mol. The van der Waals surface area contributed by atoms with Gasteiger partial charge in [0.25, 0.3) is 0 Å². The van der Waals surface area contributed by atoms with Gasteiger partial charge in [-0.2, -0.15) is 0 Å². The van der Waals surface area contributed by atoms with Crippen LogP contribution in [0.1, 0.15) is 32.9 Å². The predicted octanol–water partition coefficient (Wildman–Crippen LogP) is 3.21. The van der Waals surface area contributed by atoms with Crippen LogP contribution in [0.4, 0.5) is 5.69 Å². The van der Waals surface area contributed by atoms with Crippen LogP contribution in [-0.2, 0) is 19.4 Å². The molecule has 26 heavy (non-hydrogen) atoms. The first-order chi connectivity index (χ1) is 12.6. The van der Waals surface area contributed by atoms with E-state index in [9.17, 15) is 9.90 Å². The Morgan fingerprint density at radius 2 is 2.08 bits per heavy atom. The molecule has 1 aliphatic heterocycles. The molecule has 1 aliphatic rings. The van der Waals surface area contributed by atoms with Crippen molar-refractivity contribution in [1.82, 2.24) is 9.55 Å². The van der Waals surface area contributed by atoms with Crippen molar-refractivity contribution in [3.8, 4) is 0 Å². The van der Waals surface area contributed by atoms with Crippen LogP contribution in [0.5, 0.6) is 0 Å². The average molecular weight is 347 g/mol. The zero-order chi connectivity index (χ0) is 18.1. The van der Waals surface area contributed by atoms with Crippen molar-refractivity contribution in [3.05, 3.63) is 82.9 Å². The number of imidazole rings is 1. The van der Waals surface area contributed by atoms with E-state index in [0.717, 1.165) is 30.8 Å². The second-order valence-corrected chi connectivity index (χ2v) is 6.75. The quantitative estimate of drug-likeness (QED) is 0.770. The summed E-state index contributed by atoms with van der Waals surface area (Å²) in [5.41, 5.74) is 5.06. The Bertz CT molecular complexity index is 961. The fourth-order valence-corrected chi connectivity index (χ4v) is 3.61. The molecule has 4 rings (SSSR count). The normalized spacial score (nSPS) is 13.0. The molecule has 0 radical (unpaired) electrons. The number of likely N-dealkylation sites (N-methyl/N-ethyl adjacent to an activating group) is 1. The second-order valence-electron chi connectivity index (χ2n) is 6.75. The van der Waals surface area contributed by atoms with Gasteiger partial charge in [-0.1, -0.05) is 30.3 Å². The fourth-order valence-electron chi connectivity index (χ4n) is 3.61. The van der Waals surface area contributed by atoms with Crippen LogP contribution in [-0.4, -0.2) is 34.2 Å². The minimum atomic E-state index is -0.898. The maximum absolute atomic E-state index is 11.4. The van der Waals surface area contributed by atoms with Crippen molar-refractivity contribution in [2.24, 2.45) is 0 Å². The lowest BCUT2D eigenvalue weighted by molar-refractivity contribution is 0.0695. The summed E-state index contributed by atoms with van der Waals surface area (Å²) in [4.78, 5) is 18.2. The van der Waals surface area contributed by atoms with E-state index in [1.165, 1.54) is 16.8 Å². The standard InChI is InChI=1S/C21H21N3O2/c1-23-10-8-16-12-15(6-7-19(16)23)13-20-22-9-11-24(20)14-17-4-2-3-5-18(17)21(25)26/h2-7,9,11-12H,8,10,13-14H2,1H3,(H,25,26). The first kappa shape index (κ1) is 16.4. The maximum atomic E-state index is 11.4. The highest BCUT2D eigenvalue weighted by Crippen LogP contribution is 2.28. The Hall–Kier alpha value is -3.08. The van der Waals surface area contributed by atoms with Gasteiger partial charge in [-0.05, 0) is 35.2 Å². The zero-order valence-electron chi connectivity index (χ0n) is 14.7. The summed E-state index contributed by atoms with van der Waals surface area (Å²) >= 11 is 0. The second kappa shape index (κ2) is 6.67. The lowest BCUT2D eigenvalue weighted by atomic mass is 10.1. The van der Waals surface area contributed by atoms with Gasteiger partial charge in [-0.3, -0.25) is 0 Å². The van der Waals surface area contributed by atoms with Crippen LogP contribution in [0.2, 0.25) is 0 Å². The van der Waals surface area contributed by atoms with Crippen molar-refractivity contribution < 1.29 is 9.90 Å². The summed E-state index contributed by atoms with van der Waals surface area (Å²) in [6, 6.07) is 13.7. The summed E-state index contributed by atoms with van der Waals surface area (Å²) < 4.78 is 2.03. The molecule has 5 heteroatoms. The van der Waals surface area contributed by atoms with E-state index in [0.29, 0.717) is 12.1 Å². The highest BCUT2D eigenvalue weighted by atomic mass is 16.4. The van der Waals surface area contributed by atoms with Crippen LogP contribution in [0.3, 0.4) is 0 Å². The van der Waals surface area contributed by atoms with E-state index >= 15 is 0 Å². The van der Waals surface area contributed by atoms with Gasteiger partial charge in [0, 0.05) is 44.6 Å². The zero-order valence-corrected chi connectivity index (χ0v) is 14.7.